The van der Waals surface area contributed by atoms with Gasteiger partial charge in [-0.2, -0.15) is 0 Å². The van der Waals surface area contributed by atoms with Gasteiger partial charge in [0.25, 0.3) is 5.91 Å². The summed E-state index contributed by atoms with van der Waals surface area (Å²) in [7, 11) is 0. The summed E-state index contributed by atoms with van der Waals surface area (Å²) in [5.41, 5.74) is 0.505. The number of nitrogens with zero attached hydrogens (tertiary/aromatic N) is 1. The minimum atomic E-state index is -0.686. The number of carbonyl (C=O) groups is 2. The van der Waals surface area contributed by atoms with Crippen molar-refractivity contribution in [1.29, 1.82) is 0 Å². The topological polar surface area (TPSA) is 85.2 Å². The highest BCUT2D eigenvalue weighted by Crippen LogP contribution is 2.49. The molecule has 1 saturated carbocycles. The lowest BCUT2D eigenvalue weighted by molar-refractivity contribution is -0.138. The second-order valence-electron chi connectivity index (χ2n) is 9.67. The molecule has 2 aliphatic heterocycles. The third-order valence-corrected chi connectivity index (χ3v) is 8.42. The predicted molar refractivity (Wildman–Crippen MR) is 138 cm³/mol. The van der Waals surface area contributed by atoms with Crippen LogP contribution in [0.15, 0.2) is 57.6 Å². The predicted octanol–water partition coefficient (Wildman–Crippen LogP) is 6.53. The van der Waals surface area contributed by atoms with Crippen LogP contribution in [0.2, 0.25) is 0 Å². The lowest BCUT2D eigenvalue weighted by atomic mass is 9.73. The molecular formula is C28H35NO5S. The molecule has 1 N–H and O–H groups in total. The maximum Gasteiger partial charge on any atom is 0.344 e. The lowest BCUT2D eigenvalue weighted by Crippen LogP contribution is -2.28. The van der Waals surface area contributed by atoms with Gasteiger partial charge in [0.2, 0.25) is 0 Å². The van der Waals surface area contributed by atoms with Gasteiger partial charge in [-0.25, -0.2) is 9.79 Å². The van der Waals surface area contributed by atoms with Crippen molar-refractivity contribution >= 4 is 28.7 Å². The number of aliphatic hydroxyl groups excluding tert-OH is 1. The molecule has 188 valence electrons. The summed E-state index contributed by atoms with van der Waals surface area (Å²) in [4.78, 5) is 30.0. The van der Waals surface area contributed by atoms with E-state index in [0.717, 1.165) is 31.0 Å². The molecule has 2 unspecified atom stereocenters. The molecule has 0 aromatic heterocycles. The monoisotopic (exact) mass is 497 g/mol. The van der Waals surface area contributed by atoms with Crippen LogP contribution in [0, 0.1) is 5.41 Å². The van der Waals surface area contributed by atoms with Crippen LogP contribution >= 0.6 is 11.8 Å². The van der Waals surface area contributed by atoms with Crippen molar-refractivity contribution in [2.24, 2.45) is 10.4 Å². The Kier molecular flexibility index (Phi) is 8.50. The van der Waals surface area contributed by atoms with Crippen LogP contribution in [0.4, 0.5) is 0 Å². The van der Waals surface area contributed by atoms with E-state index in [9.17, 15) is 14.7 Å². The number of hydrogen-bond donors (Lipinski definition) is 1. The summed E-state index contributed by atoms with van der Waals surface area (Å²) in [6, 6.07) is 8.66. The number of aliphatic imine (C=N–C) groups is 1. The fraction of sp³-hybridized carbons (Fsp3) is 0.536. The fourth-order valence-electron chi connectivity index (χ4n) is 5.43. The minimum Gasteiger partial charge on any atom is -0.506 e. The smallest absolute Gasteiger partial charge is 0.344 e. The standard InChI is InChI=1S/C28H35NO5S/c1-3-33-27(32)23-24(30)22(35-26(23)29-25(31)20-13-9-8-10-14-20)17-21-18-28(19(2)34-21)15-11-6-4-5-7-12-16-28/h8-10,13-14,17,19,21,30H,3-7,11-12,15-16,18H2,1-2H3. The van der Waals surface area contributed by atoms with Gasteiger partial charge >= 0.3 is 5.97 Å². The first-order valence-corrected chi connectivity index (χ1v) is 13.6. The SMILES string of the molecule is CCOC(=O)C1=C(O)C(=CC2CC3(CCCCCCCC3)C(C)O2)SC1=NC(=O)c1ccccc1. The second kappa shape index (κ2) is 11.6. The van der Waals surface area contributed by atoms with Gasteiger partial charge in [0.05, 0.1) is 23.7 Å². The first kappa shape index (κ1) is 25.7. The van der Waals surface area contributed by atoms with Crippen LogP contribution in [0.25, 0.3) is 0 Å². The molecule has 0 bridgehead atoms. The number of ether oxygens (including phenoxy) is 2. The van der Waals surface area contributed by atoms with Crippen LogP contribution in [0.1, 0.15) is 82.0 Å². The van der Waals surface area contributed by atoms with E-state index in [4.69, 9.17) is 9.47 Å². The summed E-state index contributed by atoms with van der Waals surface area (Å²) in [6.07, 6.45) is 12.7. The number of hydrogen-bond acceptors (Lipinski definition) is 6. The zero-order valence-corrected chi connectivity index (χ0v) is 21.4. The average Bonchev–Trinajstić information content (AvgIpc) is 3.35. The Balaban J connectivity index is 1.59. The molecule has 1 aromatic rings. The molecule has 2 atom stereocenters. The van der Waals surface area contributed by atoms with Crippen molar-refractivity contribution < 1.29 is 24.2 Å². The highest BCUT2D eigenvalue weighted by molar-refractivity contribution is 8.18. The van der Waals surface area contributed by atoms with Gasteiger partial charge in [0.15, 0.2) is 0 Å². The highest BCUT2D eigenvalue weighted by Gasteiger charge is 2.45. The van der Waals surface area contributed by atoms with Gasteiger partial charge in [-0.1, -0.05) is 68.5 Å². The highest BCUT2D eigenvalue weighted by atomic mass is 32.2. The first-order valence-electron chi connectivity index (χ1n) is 12.8. The summed E-state index contributed by atoms with van der Waals surface area (Å²) >= 11 is 1.12. The number of benzene rings is 1. The molecule has 35 heavy (non-hydrogen) atoms. The minimum absolute atomic E-state index is 0.0596. The van der Waals surface area contributed by atoms with Gasteiger partial charge in [-0.15, -0.1) is 0 Å². The van der Waals surface area contributed by atoms with Crippen molar-refractivity contribution in [2.75, 3.05) is 6.61 Å². The van der Waals surface area contributed by atoms with Crippen molar-refractivity contribution in [3.63, 3.8) is 0 Å². The molecule has 1 aliphatic carbocycles. The number of esters is 1. The molecule has 7 heteroatoms. The molecule has 2 fully saturated rings. The molecule has 3 aliphatic rings. The van der Waals surface area contributed by atoms with Crippen LogP contribution in [0.5, 0.6) is 0 Å². The molecule has 6 nitrogen and oxygen atoms in total. The van der Waals surface area contributed by atoms with E-state index in [1.807, 2.05) is 12.1 Å². The Bertz CT molecular complexity index is 1020. The van der Waals surface area contributed by atoms with E-state index in [0.29, 0.717) is 10.5 Å². The molecule has 2 heterocycles. The van der Waals surface area contributed by atoms with Crippen LogP contribution in [-0.2, 0) is 14.3 Å². The summed E-state index contributed by atoms with van der Waals surface area (Å²) in [5.74, 6) is -1.35. The van der Waals surface area contributed by atoms with E-state index in [2.05, 4.69) is 11.9 Å². The van der Waals surface area contributed by atoms with Gasteiger partial charge < -0.3 is 14.6 Å². The van der Waals surface area contributed by atoms with E-state index in [1.165, 1.54) is 38.5 Å². The Labute approximate surface area is 211 Å². The Morgan fingerprint density at radius 2 is 1.80 bits per heavy atom. The molecule has 1 amide bonds. The lowest BCUT2D eigenvalue weighted by Gasteiger charge is -2.32. The van der Waals surface area contributed by atoms with Gasteiger partial charge in [0.1, 0.15) is 16.4 Å². The Morgan fingerprint density at radius 1 is 1.14 bits per heavy atom. The zero-order valence-electron chi connectivity index (χ0n) is 20.6. The maximum atomic E-state index is 12.7. The number of thioether (sulfide) groups is 1. The zero-order chi connectivity index (χ0) is 24.8. The second-order valence-corrected chi connectivity index (χ2v) is 10.7. The van der Waals surface area contributed by atoms with Crippen LogP contribution in [-0.4, -0.2) is 40.8 Å². The number of rotatable bonds is 4. The van der Waals surface area contributed by atoms with Gasteiger partial charge in [-0.05, 0) is 56.7 Å². The third-order valence-electron chi connectivity index (χ3n) is 7.38. The molecule has 1 saturated heterocycles. The van der Waals surface area contributed by atoms with E-state index in [-0.39, 0.29) is 40.6 Å². The quantitative estimate of drug-likeness (QED) is 0.476. The Morgan fingerprint density at radius 3 is 2.46 bits per heavy atom. The molecule has 0 radical (unpaired) electrons. The largest absolute Gasteiger partial charge is 0.506 e. The van der Waals surface area contributed by atoms with Gasteiger partial charge in [-0.3, -0.25) is 4.79 Å². The van der Waals surface area contributed by atoms with E-state index < -0.39 is 11.9 Å². The molecular weight excluding hydrogens is 462 g/mol. The average molecular weight is 498 g/mol. The summed E-state index contributed by atoms with van der Waals surface area (Å²) in [5, 5.41) is 11.1. The maximum absolute atomic E-state index is 12.7. The number of amides is 1. The van der Waals surface area contributed by atoms with Crippen molar-refractivity contribution in [3.05, 3.63) is 58.2 Å². The van der Waals surface area contributed by atoms with Crippen LogP contribution in [0.3, 0.4) is 0 Å². The van der Waals surface area contributed by atoms with Gasteiger partial charge in [0, 0.05) is 5.56 Å². The first-order chi connectivity index (χ1) is 16.9. The molecule has 4 rings (SSSR count). The van der Waals surface area contributed by atoms with E-state index >= 15 is 0 Å². The normalized spacial score (nSPS) is 27.1. The number of aliphatic hydroxyl groups is 1. The third kappa shape index (κ3) is 5.89. The summed E-state index contributed by atoms with van der Waals surface area (Å²) in [6.45, 7) is 4.03. The molecule has 1 spiro atoms. The van der Waals surface area contributed by atoms with Crippen molar-refractivity contribution in [3.8, 4) is 0 Å². The van der Waals surface area contributed by atoms with E-state index in [1.54, 1.807) is 31.2 Å². The summed E-state index contributed by atoms with van der Waals surface area (Å²) < 4.78 is 11.5. The van der Waals surface area contributed by atoms with Crippen molar-refractivity contribution in [2.45, 2.75) is 83.8 Å². The molecule has 1 aromatic carbocycles. The van der Waals surface area contributed by atoms with Crippen LogP contribution < -0.4 is 0 Å². The fourth-order valence-corrected chi connectivity index (χ4v) is 6.47. The Hall–Kier alpha value is -2.38. The van der Waals surface area contributed by atoms with Crippen molar-refractivity contribution in [1.82, 2.24) is 0 Å². The number of carbonyl (C=O) groups excluding carboxylic acids is 2.